The molecule has 0 saturated carbocycles. The van der Waals surface area contributed by atoms with Crippen molar-refractivity contribution in [3.63, 3.8) is 0 Å². The highest BCUT2D eigenvalue weighted by Crippen LogP contribution is 2.73. The summed E-state index contributed by atoms with van der Waals surface area (Å²) in [6.07, 6.45) is 0. The molecule has 1 rings (SSSR count). The molecular weight excluding hydrogens is 378 g/mol. The third-order valence-corrected chi connectivity index (χ3v) is 63.0. The van der Waals surface area contributed by atoms with Gasteiger partial charge in [0.15, 0.2) is 0 Å². The van der Waals surface area contributed by atoms with Crippen molar-refractivity contribution in [2.45, 2.75) is 116 Å². The summed E-state index contributed by atoms with van der Waals surface area (Å²) < 4.78 is 7.60. The Labute approximate surface area is 159 Å². The van der Waals surface area contributed by atoms with Crippen molar-refractivity contribution in [1.82, 2.24) is 0 Å². The first-order chi connectivity index (χ1) is 10.8. The van der Waals surface area contributed by atoms with Gasteiger partial charge in [0.05, 0.1) is 0 Å². The summed E-state index contributed by atoms with van der Waals surface area (Å²) in [5.41, 5.74) is 4.85. The molecule has 6 heteroatoms. The van der Waals surface area contributed by atoms with Crippen molar-refractivity contribution in [3.05, 3.63) is 0 Å². The van der Waals surface area contributed by atoms with E-state index >= 15 is 0 Å². The van der Waals surface area contributed by atoms with Crippen LogP contribution in [0.2, 0.25) is 33.2 Å². The molecule has 2 unspecified atom stereocenters. The molecule has 0 aliphatic carbocycles. The molecule has 0 N–H and O–H groups in total. The SMILES string of the molecule is CC(C)[Si]1(C(C)C)O[Si](C(C)C)(C(C)C)P[Si](C(C)C)(C(C)C)P1. The minimum absolute atomic E-state index is 0.759. The Morgan fingerprint density at radius 2 is 0.708 bits per heavy atom. The molecule has 1 aliphatic heterocycles. The van der Waals surface area contributed by atoms with Gasteiger partial charge < -0.3 is 4.12 Å². The standard InChI is InChI=1S/C18H44OP2Si3/c1-13(2)22(14(3)4)19-23(15(5)6,16(7)8)21-24(20-22,17(9)10)18(11)12/h13-18,20-21H,1-12H3. The minimum atomic E-state index is -1.70. The fourth-order valence-corrected chi connectivity index (χ4v) is 87.6. The van der Waals surface area contributed by atoms with Crippen LogP contribution in [-0.4, -0.2) is 23.4 Å². The predicted molar refractivity (Wildman–Crippen MR) is 126 cm³/mol. The zero-order valence-electron chi connectivity index (χ0n) is 18.4. The zero-order valence-corrected chi connectivity index (χ0v) is 23.4. The lowest BCUT2D eigenvalue weighted by molar-refractivity contribution is 0.500. The molecule has 24 heavy (non-hydrogen) atoms. The zero-order chi connectivity index (χ0) is 19.1. The van der Waals surface area contributed by atoms with Crippen molar-refractivity contribution in [3.8, 4) is 0 Å². The summed E-state index contributed by atoms with van der Waals surface area (Å²) in [4.78, 5) is 0. The van der Waals surface area contributed by atoms with E-state index < -0.39 is 23.4 Å². The quantitative estimate of drug-likeness (QED) is 0.310. The van der Waals surface area contributed by atoms with Crippen LogP contribution in [0.15, 0.2) is 0 Å². The number of rotatable bonds is 6. The Bertz CT molecular complexity index is 325. The molecule has 0 radical (unpaired) electrons. The maximum Gasteiger partial charge on any atom is 0.205 e. The largest absolute Gasteiger partial charge is 0.448 e. The van der Waals surface area contributed by atoms with Crippen LogP contribution in [0.3, 0.4) is 0 Å². The van der Waals surface area contributed by atoms with E-state index in [0.29, 0.717) is 0 Å². The Morgan fingerprint density at radius 1 is 0.458 bits per heavy atom. The Kier molecular flexibility index (Phi) is 8.06. The molecule has 2 atom stereocenters. The maximum atomic E-state index is 7.60. The number of hydrogen-bond donors (Lipinski definition) is 0. The summed E-state index contributed by atoms with van der Waals surface area (Å²) in [6.45, 7) is 30.2. The summed E-state index contributed by atoms with van der Waals surface area (Å²) in [5.74, 6) is 0. The predicted octanol–water partition coefficient (Wildman–Crippen LogP) is 8.16. The minimum Gasteiger partial charge on any atom is -0.448 e. The van der Waals surface area contributed by atoms with Crippen LogP contribution in [0.25, 0.3) is 0 Å². The van der Waals surface area contributed by atoms with Gasteiger partial charge >= 0.3 is 0 Å². The normalized spacial score (nSPS) is 25.2. The first kappa shape index (κ1) is 23.5. The molecule has 1 fully saturated rings. The molecule has 144 valence electrons. The van der Waals surface area contributed by atoms with Crippen molar-refractivity contribution in [2.75, 3.05) is 0 Å². The average molecular weight is 423 g/mol. The lowest BCUT2D eigenvalue weighted by Gasteiger charge is -2.62. The highest BCUT2D eigenvalue weighted by molar-refractivity contribution is 8.35. The van der Waals surface area contributed by atoms with E-state index in [2.05, 4.69) is 83.1 Å². The van der Waals surface area contributed by atoms with Crippen LogP contribution in [0.4, 0.5) is 0 Å². The Hall–Kier alpha value is 1.47. The van der Waals surface area contributed by atoms with Crippen molar-refractivity contribution < 1.29 is 4.12 Å². The van der Waals surface area contributed by atoms with E-state index in [9.17, 15) is 0 Å². The lowest BCUT2D eigenvalue weighted by Crippen LogP contribution is -2.62. The van der Waals surface area contributed by atoms with E-state index in [-0.39, 0.29) is 0 Å². The lowest BCUT2D eigenvalue weighted by atomic mass is 10.5. The summed E-state index contributed by atoms with van der Waals surface area (Å²) in [7, 11) is -2.31. The van der Waals surface area contributed by atoms with E-state index in [4.69, 9.17) is 4.12 Å². The molecule has 0 bridgehead atoms. The molecule has 0 aromatic carbocycles. The highest BCUT2D eigenvalue weighted by atomic mass is 31.8. The molecule has 0 spiro atoms. The third-order valence-electron chi connectivity index (χ3n) is 6.39. The Morgan fingerprint density at radius 3 is 0.875 bits per heavy atom. The second-order valence-electron chi connectivity index (χ2n) is 9.74. The summed E-state index contributed by atoms with van der Waals surface area (Å²) >= 11 is 0. The third kappa shape index (κ3) is 3.85. The molecule has 1 nitrogen and oxygen atoms in total. The van der Waals surface area contributed by atoms with E-state index in [1.807, 2.05) is 0 Å². The van der Waals surface area contributed by atoms with Gasteiger partial charge in [0.1, 0.15) is 7.41 Å². The van der Waals surface area contributed by atoms with Crippen LogP contribution in [0.1, 0.15) is 83.1 Å². The molecule has 1 heterocycles. The van der Waals surface area contributed by atoms with Gasteiger partial charge in [-0.25, -0.2) is 0 Å². The molecular formula is C18H44OP2Si3. The summed E-state index contributed by atoms with van der Waals surface area (Å²) in [5, 5.41) is 0. The van der Waals surface area contributed by atoms with Crippen LogP contribution < -0.4 is 0 Å². The van der Waals surface area contributed by atoms with Gasteiger partial charge in [0.2, 0.25) is 16.0 Å². The summed E-state index contributed by atoms with van der Waals surface area (Å²) in [6, 6.07) is 0. The molecule has 1 saturated heterocycles. The topological polar surface area (TPSA) is 9.23 Å². The van der Waals surface area contributed by atoms with Gasteiger partial charge in [0, 0.05) is 0 Å². The molecule has 0 aromatic heterocycles. The second-order valence-corrected chi connectivity index (χ2v) is 40.0. The van der Waals surface area contributed by atoms with Gasteiger partial charge in [-0.1, -0.05) is 83.1 Å². The molecule has 0 aromatic rings. The van der Waals surface area contributed by atoms with E-state index in [1.165, 1.54) is 15.4 Å². The van der Waals surface area contributed by atoms with Crippen LogP contribution >= 0.6 is 15.4 Å². The Balaban J connectivity index is 3.68. The van der Waals surface area contributed by atoms with Gasteiger partial charge in [-0.15, -0.1) is 15.4 Å². The van der Waals surface area contributed by atoms with Gasteiger partial charge in [-0.2, -0.15) is 0 Å². The maximum absolute atomic E-state index is 7.60. The monoisotopic (exact) mass is 422 g/mol. The van der Waals surface area contributed by atoms with Gasteiger partial charge in [-0.05, 0) is 33.2 Å². The van der Waals surface area contributed by atoms with Crippen LogP contribution in [-0.2, 0) is 4.12 Å². The molecule has 0 amide bonds. The van der Waals surface area contributed by atoms with Crippen LogP contribution in [0, 0.1) is 0 Å². The van der Waals surface area contributed by atoms with Gasteiger partial charge in [0.25, 0.3) is 0 Å². The first-order valence-electron chi connectivity index (χ1n) is 10.1. The van der Waals surface area contributed by atoms with Gasteiger partial charge in [-0.3, -0.25) is 0 Å². The fourth-order valence-electron chi connectivity index (χ4n) is 4.63. The van der Waals surface area contributed by atoms with E-state index in [1.54, 1.807) is 0 Å². The smallest absolute Gasteiger partial charge is 0.205 e. The highest BCUT2D eigenvalue weighted by Gasteiger charge is 2.64. The average Bonchev–Trinajstić information content (AvgIpc) is 2.44. The van der Waals surface area contributed by atoms with Crippen molar-refractivity contribution in [2.24, 2.45) is 0 Å². The fraction of sp³-hybridized carbons (Fsp3) is 1.00. The van der Waals surface area contributed by atoms with Crippen molar-refractivity contribution in [1.29, 1.82) is 0 Å². The van der Waals surface area contributed by atoms with E-state index in [0.717, 1.165) is 33.2 Å². The first-order valence-corrected chi connectivity index (χ1v) is 22.3. The number of hydrogen-bond acceptors (Lipinski definition) is 1. The van der Waals surface area contributed by atoms with Crippen molar-refractivity contribution >= 4 is 38.7 Å². The van der Waals surface area contributed by atoms with Crippen LogP contribution in [0.5, 0.6) is 0 Å². The molecule has 1 aliphatic rings. The second kappa shape index (κ2) is 8.23.